The van der Waals surface area contributed by atoms with E-state index in [2.05, 4.69) is 15.5 Å². The molecule has 0 fully saturated rings. The summed E-state index contributed by atoms with van der Waals surface area (Å²) in [5, 5.41) is 15.8. The molecule has 2 heterocycles. The van der Waals surface area contributed by atoms with Crippen molar-refractivity contribution < 1.29 is 4.52 Å². The molecule has 86 valence electrons. The molecule has 0 bridgehead atoms. The number of nitriles is 1. The zero-order valence-electron chi connectivity index (χ0n) is 9.69. The maximum Gasteiger partial charge on any atom is 0.142 e. The van der Waals surface area contributed by atoms with Gasteiger partial charge >= 0.3 is 0 Å². The second-order valence-corrected chi connectivity index (χ2v) is 3.68. The molecule has 0 atom stereocenters. The van der Waals surface area contributed by atoms with Gasteiger partial charge in [-0.1, -0.05) is 11.2 Å². The Hall–Kier alpha value is -2.35. The third-order valence-electron chi connectivity index (χ3n) is 2.49. The van der Waals surface area contributed by atoms with Crippen LogP contribution in [0.15, 0.2) is 22.7 Å². The minimum absolute atomic E-state index is 0.397. The molecule has 0 saturated heterocycles. The Morgan fingerprint density at radius 3 is 2.88 bits per heavy atom. The van der Waals surface area contributed by atoms with E-state index in [1.165, 1.54) is 0 Å². The molecule has 0 spiro atoms. The first-order valence-electron chi connectivity index (χ1n) is 5.23. The molecule has 0 saturated carbocycles. The maximum atomic E-state index is 8.74. The Morgan fingerprint density at radius 1 is 1.41 bits per heavy atom. The van der Waals surface area contributed by atoms with Crippen molar-refractivity contribution in [3.63, 3.8) is 0 Å². The highest BCUT2D eigenvalue weighted by atomic mass is 16.5. The number of pyridine rings is 1. The highest BCUT2D eigenvalue weighted by molar-refractivity contribution is 5.39. The summed E-state index contributed by atoms with van der Waals surface area (Å²) in [5.41, 5.74) is 2.29. The van der Waals surface area contributed by atoms with E-state index in [1.54, 1.807) is 12.1 Å². The monoisotopic (exact) mass is 228 g/mol. The molecule has 2 aromatic heterocycles. The lowest BCUT2D eigenvalue weighted by atomic mass is 10.2. The van der Waals surface area contributed by atoms with E-state index < -0.39 is 0 Å². The van der Waals surface area contributed by atoms with Gasteiger partial charge in [0.25, 0.3) is 0 Å². The maximum absolute atomic E-state index is 8.74. The molecule has 2 aromatic rings. The molecule has 0 aliphatic heterocycles. The summed E-state index contributed by atoms with van der Waals surface area (Å²) in [6.45, 7) is 4.35. The fraction of sp³-hybridized carbons (Fsp3) is 0.250. The minimum atomic E-state index is 0.397. The number of nitrogens with one attached hydrogen (secondary N) is 1. The summed E-state index contributed by atoms with van der Waals surface area (Å²) < 4.78 is 5.07. The SMILES string of the molecule is Cc1noc(C)c1CNc1cccc(C#N)n1. The lowest BCUT2D eigenvalue weighted by molar-refractivity contribution is 0.392. The molecule has 0 aliphatic carbocycles. The van der Waals surface area contributed by atoms with Crippen LogP contribution < -0.4 is 5.32 Å². The molecule has 0 radical (unpaired) electrons. The Labute approximate surface area is 99.1 Å². The van der Waals surface area contributed by atoms with Crippen molar-refractivity contribution in [3.05, 3.63) is 40.9 Å². The molecule has 17 heavy (non-hydrogen) atoms. The summed E-state index contributed by atoms with van der Waals surface area (Å²) in [6, 6.07) is 7.28. The van der Waals surface area contributed by atoms with Crippen LogP contribution in [0.4, 0.5) is 5.82 Å². The molecule has 0 aliphatic rings. The summed E-state index contributed by atoms with van der Waals surface area (Å²) in [7, 11) is 0. The van der Waals surface area contributed by atoms with Crippen molar-refractivity contribution in [2.24, 2.45) is 0 Å². The molecule has 2 rings (SSSR count). The van der Waals surface area contributed by atoms with Gasteiger partial charge in [0.15, 0.2) is 0 Å². The molecule has 5 nitrogen and oxygen atoms in total. The summed E-state index contributed by atoms with van der Waals surface area (Å²) in [4.78, 5) is 4.13. The topological polar surface area (TPSA) is 74.7 Å². The Kier molecular flexibility index (Phi) is 3.06. The van der Waals surface area contributed by atoms with Crippen LogP contribution in [0.5, 0.6) is 0 Å². The van der Waals surface area contributed by atoms with Gasteiger partial charge in [-0.3, -0.25) is 0 Å². The van der Waals surface area contributed by atoms with Crippen LogP contribution in [-0.4, -0.2) is 10.1 Å². The third kappa shape index (κ3) is 2.42. The number of aryl methyl sites for hydroxylation is 2. The number of hydrogen-bond acceptors (Lipinski definition) is 5. The first kappa shape index (κ1) is 11.1. The van der Waals surface area contributed by atoms with Crippen molar-refractivity contribution >= 4 is 5.82 Å². The normalized spacial score (nSPS) is 9.94. The number of rotatable bonds is 3. The zero-order chi connectivity index (χ0) is 12.3. The van der Waals surface area contributed by atoms with E-state index in [-0.39, 0.29) is 0 Å². The Balaban J connectivity index is 2.10. The molecule has 5 heteroatoms. The highest BCUT2D eigenvalue weighted by Gasteiger charge is 2.08. The predicted molar refractivity (Wildman–Crippen MR) is 62.3 cm³/mol. The fourth-order valence-electron chi connectivity index (χ4n) is 1.53. The molecular formula is C12H12N4O. The van der Waals surface area contributed by atoms with Gasteiger partial charge in [-0.05, 0) is 26.0 Å². The number of nitrogens with zero attached hydrogens (tertiary/aromatic N) is 3. The van der Waals surface area contributed by atoms with Gasteiger partial charge in [0.2, 0.25) is 0 Å². The van der Waals surface area contributed by atoms with Crippen LogP contribution in [0.2, 0.25) is 0 Å². The van der Waals surface area contributed by atoms with E-state index in [0.29, 0.717) is 18.1 Å². The van der Waals surface area contributed by atoms with Crippen LogP contribution in [-0.2, 0) is 6.54 Å². The second kappa shape index (κ2) is 4.66. The lowest BCUT2D eigenvalue weighted by Crippen LogP contribution is -2.03. The van der Waals surface area contributed by atoms with Crippen molar-refractivity contribution in [1.82, 2.24) is 10.1 Å². The first-order chi connectivity index (χ1) is 8.20. The molecular weight excluding hydrogens is 216 g/mol. The molecule has 1 N–H and O–H groups in total. The van der Waals surface area contributed by atoms with Gasteiger partial charge in [0, 0.05) is 12.1 Å². The smallest absolute Gasteiger partial charge is 0.142 e. The standard InChI is InChI=1S/C12H12N4O/c1-8-11(9(2)17-16-8)7-14-12-5-3-4-10(6-13)15-12/h3-5H,7H2,1-2H3,(H,14,15). The van der Waals surface area contributed by atoms with Crippen LogP contribution in [0.3, 0.4) is 0 Å². The molecule has 0 unspecified atom stereocenters. The predicted octanol–water partition coefficient (Wildman–Crippen LogP) is 2.17. The van der Waals surface area contributed by atoms with E-state index in [9.17, 15) is 0 Å². The zero-order valence-corrected chi connectivity index (χ0v) is 9.69. The van der Waals surface area contributed by atoms with Crippen LogP contribution >= 0.6 is 0 Å². The van der Waals surface area contributed by atoms with Gasteiger partial charge in [-0.25, -0.2) is 4.98 Å². The fourth-order valence-corrected chi connectivity index (χ4v) is 1.53. The Bertz CT molecular complexity index is 549. The van der Waals surface area contributed by atoms with Gasteiger partial charge < -0.3 is 9.84 Å². The lowest BCUT2D eigenvalue weighted by Gasteiger charge is -2.04. The average molecular weight is 228 g/mol. The number of anilines is 1. The van der Waals surface area contributed by atoms with Gasteiger partial charge in [-0.2, -0.15) is 5.26 Å². The summed E-state index contributed by atoms with van der Waals surface area (Å²) in [6.07, 6.45) is 0. The van der Waals surface area contributed by atoms with Crippen molar-refractivity contribution in [2.45, 2.75) is 20.4 Å². The summed E-state index contributed by atoms with van der Waals surface area (Å²) >= 11 is 0. The Morgan fingerprint density at radius 2 is 2.24 bits per heavy atom. The highest BCUT2D eigenvalue weighted by Crippen LogP contribution is 2.14. The third-order valence-corrected chi connectivity index (χ3v) is 2.49. The van der Waals surface area contributed by atoms with Gasteiger partial charge in [0.1, 0.15) is 23.3 Å². The van der Waals surface area contributed by atoms with Crippen molar-refractivity contribution in [1.29, 1.82) is 5.26 Å². The minimum Gasteiger partial charge on any atom is -0.366 e. The van der Waals surface area contributed by atoms with Crippen LogP contribution in [0, 0.1) is 25.2 Å². The number of hydrogen-bond donors (Lipinski definition) is 1. The van der Waals surface area contributed by atoms with Gasteiger partial charge in [0.05, 0.1) is 5.69 Å². The quantitative estimate of drug-likeness (QED) is 0.871. The molecule has 0 amide bonds. The van der Waals surface area contributed by atoms with Crippen molar-refractivity contribution in [2.75, 3.05) is 5.32 Å². The largest absolute Gasteiger partial charge is 0.366 e. The average Bonchev–Trinajstić information content (AvgIpc) is 2.67. The van der Waals surface area contributed by atoms with E-state index in [0.717, 1.165) is 17.0 Å². The second-order valence-electron chi connectivity index (χ2n) is 3.68. The van der Waals surface area contributed by atoms with Crippen LogP contribution in [0.25, 0.3) is 0 Å². The number of aromatic nitrogens is 2. The first-order valence-corrected chi connectivity index (χ1v) is 5.23. The van der Waals surface area contributed by atoms with E-state index in [4.69, 9.17) is 9.78 Å². The summed E-state index contributed by atoms with van der Waals surface area (Å²) in [5.74, 6) is 1.47. The van der Waals surface area contributed by atoms with Crippen LogP contribution in [0.1, 0.15) is 22.7 Å². The van der Waals surface area contributed by atoms with E-state index >= 15 is 0 Å². The molecule has 0 aromatic carbocycles. The van der Waals surface area contributed by atoms with Gasteiger partial charge in [-0.15, -0.1) is 0 Å². The van der Waals surface area contributed by atoms with Crippen molar-refractivity contribution in [3.8, 4) is 6.07 Å². The van der Waals surface area contributed by atoms with E-state index in [1.807, 2.05) is 26.0 Å².